The van der Waals surface area contributed by atoms with Gasteiger partial charge in [-0.05, 0) is 6.42 Å². The molecular weight excluding hydrogens is 747 g/mol. The molecule has 2 N–H and O–H groups in total. The topological polar surface area (TPSA) is 91.0 Å². The molecule has 51 heavy (non-hydrogen) atoms. The Balaban J connectivity index is 1.26. The van der Waals surface area contributed by atoms with Crippen molar-refractivity contribution < 1.29 is 29.1 Å². The minimum absolute atomic E-state index is 0.0701. The number of aryl methyl sites for hydroxylation is 1. The molecule has 1 aromatic heterocycles. The summed E-state index contributed by atoms with van der Waals surface area (Å²) >= 11 is 8.35. The summed E-state index contributed by atoms with van der Waals surface area (Å²) in [6, 6.07) is 20.8. The van der Waals surface area contributed by atoms with Crippen LogP contribution in [-0.4, -0.2) is 50.3 Å². The molecule has 264 valence electrons. The summed E-state index contributed by atoms with van der Waals surface area (Å²) in [5.41, 5.74) is 6.95. The maximum atomic E-state index is 11.6. The van der Waals surface area contributed by atoms with Gasteiger partial charge in [-0.1, -0.05) is 18.0 Å². The molecule has 0 saturated carbocycles. The number of aromatic nitrogens is 1. The second kappa shape index (κ2) is 17.0. The number of hydrogen-bond donors (Lipinski definition) is 2. The van der Waals surface area contributed by atoms with E-state index in [0.29, 0.717) is 29.7 Å². The number of benzene rings is 3. The van der Waals surface area contributed by atoms with Crippen molar-refractivity contribution in [1.29, 1.82) is 0 Å². The Morgan fingerprint density at radius 2 is 1.82 bits per heavy atom. The van der Waals surface area contributed by atoms with Gasteiger partial charge in [0.05, 0.1) is 12.1 Å². The summed E-state index contributed by atoms with van der Waals surface area (Å²) in [4.78, 5) is 26.0. The summed E-state index contributed by atoms with van der Waals surface area (Å²) in [6.07, 6.45) is 15.7. The molecule has 7 nitrogen and oxygen atoms in total. The van der Waals surface area contributed by atoms with E-state index in [4.69, 9.17) is 21.4 Å². The van der Waals surface area contributed by atoms with Crippen LogP contribution >= 0.6 is 23.4 Å². The van der Waals surface area contributed by atoms with Gasteiger partial charge in [0.1, 0.15) is 5.75 Å². The van der Waals surface area contributed by atoms with Crippen LogP contribution in [0, 0.1) is 5.92 Å². The Bertz CT molecular complexity index is 2050. The number of hydrogen-bond acceptors (Lipinski definition) is 5. The van der Waals surface area contributed by atoms with E-state index in [1.54, 1.807) is 18.9 Å². The van der Waals surface area contributed by atoms with Gasteiger partial charge < -0.3 is 9.84 Å². The average molecular weight is 789 g/mol. The Hall–Kier alpha value is -4.01. The molecule has 1 aliphatic carbocycles. The molecule has 0 radical (unpaired) electrons. The molecule has 1 atom stereocenters. The van der Waals surface area contributed by atoms with Crippen LogP contribution < -0.4 is 14.2 Å². The second-order valence-electron chi connectivity index (χ2n) is 13.0. The first-order chi connectivity index (χ1) is 24.7. The number of ether oxygens (including phenoxy) is 1. The first-order valence-corrected chi connectivity index (χ1v) is 20.2. The van der Waals surface area contributed by atoms with Gasteiger partial charge in [-0.2, -0.15) is 0 Å². The molecule has 4 aromatic rings. The number of methoxy groups -OCH3 is 1. The molecule has 6 rings (SSSR count). The Labute approximate surface area is 314 Å². The Morgan fingerprint density at radius 1 is 1.02 bits per heavy atom. The number of anilines is 1. The predicted octanol–water partition coefficient (Wildman–Crippen LogP) is 9.38. The van der Waals surface area contributed by atoms with Crippen molar-refractivity contribution in [2.24, 2.45) is 5.92 Å². The van der Waals surface area contributed by atoms with Crippen LogP contribution in [0.4, 0.5) is 5.69 Å². The van der Waals surface area contributed by atoms with Crippen LogP contribution in [0.25, 0.3) is 27.0 Å². The summed E-state index contributed by atoms with van der Waals surface area (Å²) in [5, 5.41) is 20.3. The SMILES string of the molecule is COc1cc2c(cc1Cl)N(CCCCCC(=O)O)/C(=C/C1=CC(=C/C=C/c3[se]c4ccc(-c5ccccc5)cc4[n+]3CCC(=O)O)/CC(C)C1)S2. The molecule has 3 aromatic carbocycles. The van der Waals surface area contributed by atoms with Crippen molar-refractivity contribution in [3.63, 3.8) is 0 Å². The number of allylic oxidation sites excluding steroid dienone is 6. The number of carbonyl (C=O) groups is 2. The van der Waals surface area contributed by atoms with Crippen molar-refractivity contribution >= 4 is 71.3 Å². The number of aliphatic carboxylic acids is 2. The van der Waals surface area contributed by atoms with Crippen LogP contribution in [-0.2, 0) is 16.1 Å². The Morgan fingerprint density at radius 3 is 2.59 bits per heavy atom. The first-order valence-electron chi connectivity index (χ1n) is 17.3. The van der Waals surface area contributed by atoms with Crippen LogP contribution in [0.15, 0.2) is 106 Å². The van der Waals surface area contributed by atoms with Gasteiger partial charge in [0, 0.05) is 6.42 Å². The number of halogens is 1. The zero-order valence-electron chi connectivity index (χ0n) is 28.8. The monoisotopic (exact) mass is 789 g/mol. The molecule has 0 spiro atoms. The number of nitrogens with zero attached hydrogens (tertiary/aromatic N) is 2. The van der Waals surface area contributed by atoms with Crippen LogP contribution in [0.2, 0.25) is 5.02 Å². The van der Waals surface area contributed by atoms with Crippen molar-refractivity contribution in [3.8, 4) is 16.9 Å². The third-order valence-corrected chi connectivity index (χ3v) is 12.8. The van der Waals surface area contributed by atoms with E-state index < -0.39 is 11.9 Å². The van der Waals surface area contributed by atoms with E-state index in [9.17, 15) is 14.7 Å². The quantitative estimate of drug-likeness (QED) is 0.0748. The van der Waals surface area contributed by atoms with Gasteiger partial charge in [0.2, 0.25) is 0 Å². The minimum atomic E-state index is -0.800. The number of unbranched alkanes of at least 4 members (excludes halogenated alkanes) is 2. The van der Waals surface area contributed by atoms with Gasteiger partial charge in [0.25, 0.3) is 0 Å². The molecule has 2 heterocycles. The average Bonchev–Trinajstić information content (AvgIpc) is 3.62. The third kappa shape index (κ3) is 9.27. The van der Waals surface area contributed by atoms with Crippen molar-refractivity contribution in [2.75, 3.05) is 18.6 Å². The van der Waals surface area contributed by atoms with E-state index in [0.717, 1.165) is 69.1 Å². The zero-order valence-corrected chi connectivity index (χ0v) is 32.1. The van der Waals surface area contributed by atoms with Gasteiger partial charge in [-0.15, -0.1) is 0 Å². The summed E-state index contributed by atoms with van der Waals surface area (Å²) in [7, 11) is 1.63. The number of carboxylic acids is 2. The number of carboxylic acid groups (broad SMARTS) is 2. The van der Waals surface area contributed by atoms with E-state index in [1.165, 1.54) is 15.4 Å². The molecule has 0 amide bonds. The summed E-state index contributed by atoms with van der Waals surface area (Å²) < 4.78 is 10.1. The van der Waals surface area contributed by atoms with Crippen molar-refractivity contribution in [1.82, 2.24) is 0 Å². The maximum absolute atomic E-state index is 11.6. The number of rotatable bonds is 14. The van der Waals surface area contributed by atoms with Gasteiger partial charge >= 0.3 is 252 Å². The van der Waals surface area contributed by atoms with Crippen LogP contribution in [0.5, 0.6) is 5.75 Å². The molecule has 10 heteroatoms. The van der Waals surface area contributed by atoms with E-state index in [2.05, 4.69) is 77.1 Å². The normalized spacial score (nSPS) is 17.4. The standard InChI is InChI=1S/C41H41ClN2O5SSe/c1-27-20-28(10-9-13-39-44(19-17-41(47)48)34-24-31(15-16-37(34)51-39)30-11-5-3-6-12-30)22-29(21-27)23-38-43(18-8-4-7-14-40(45)46)33-25-32(42)35(49-2)26-36(33)50-38/h3,5-6,9-13,15-16,22-27H,4,7-8,14,17-21H2,1-2H3,(H-,45,46,47,48)/p+1. The molecule has 0 fully saturated rings. The third-order valence-electron chi connectivity index (χ3n) is 9.06. The molecular formula is C41H42ClN2O5SSe+. The summed E-state index contributed by atoms with van der Waals surface area (Å²) in [5.74, 6) is -0.429. The van der Waals surface area contributed by atoms with E-state index in [1.807, 2.05) is 30.3 Å². The molecule has 0 saturated heterocycles. The zero-order chi connectivity index (χ0) is 35.9. The van der Waals surface area contributed by atoms with Crippen LogP contribution in [0.3, 0.4) is 0 Å². The van der Waals surface area contributed by atoms with E-state index in [-0.39, 0.29) is 27.3 Å². The van der Waals surface area contributed by atoms with Crippen molar-refractivity contribution in [2.45, 2.75) is 63.3 Å². The van der Waals surface area contributed by atoms with Crippen molar-refractivity contribution in [3.05, 3.63) is 111 Å². The molecule has 1 aliphatic heterocycles. The fourth-order valence-electron chi connectivity index (χ4n) is 6.66. The molecule has 0 bridgehead atoms. The van der Waals surface area contributed by atoms with E-state index >= 15 is 0 Å². The molecule has 1 unspecified atom stereocenters. The molecule has 2 aliphatic rings. The van der Waals surface area contributed by atoms with Gasteiger partial charge in [-0.25, -0.2) is 0 Å². The second-order valence-corrected chi connectivity index (χ2v) is 16.7. The van der Waals surface area contributed by atoms with Gasteiger partial charge in [0.15, 0.2) is 0 Å². The van der Waals surface area contributed by atoms with Gasteiger partial charge in [-0.3, -0.25) is 4.79 Å². The predicted molar refractivity (Wildman–Crippen MR) is 208 cm³/mol. The van der Waals surface area contributed by atoms with Crippen LogP contribution in [0.1, 0.15) is 56.4 Å². The summed E-state index contributed by atoms with van der Waals surface area (Å²) in [6.45, 7) is 3.49. The Kier molecular flexibility index (Phi) is 12.3. The number of fused-ring (bicyclic) bond motifs is 2. The fourth-order valence-corrected chi connectivity index (χ4v) is 10.3. The number of thioether (sulfide) groups is 1. The first kappa shape index (κ1) is 36.8. The fraction of sp³-hybridized carbons (Fsp3) is 0.293.